The molecule has 0 atom stereocenters. The Balaban J connectivity index is 2.36. The van der Waals surface area contributed by atoms with Gasteiger partial charge >= 0.3 is 5.97 Å². The van der Waals surface area contributed by atoms with Crippen LogP contribution in [-0.2, 0) is 19.0 Å². The largest absolute Gasteiger partial charge is 0.464 e. The number of rotatable bonds is 6. The fourth-order valence-electron chi connectivity index (χ4n) is 1.26. The van der Waals surface area contributed by atoms with E-state index in [1.165, 1.54) is 0 Å². The molecule has 1 rings (SSSR count). The third-order valence-corrected chi connectivity index (χ3v) is 2.13. The molecule has 0 aromatic heterocycles. The van der Waals surface area contributed by atoms with Gasteiger partial charge in [-0.3, -0.25) is 5.32 Å². The normalized spacial score (nSPS) is 18.7. The van der Waals surface area contributed by atoms with Crippen molar-refractivity contribution in [3.05, 3.63) is 0 Å². The highest BCUT2D eigenvalue weighted by molar-refractivity contribution is 5.82. The van der Waals surface area contributed by atoms with Crippen molar-refractivity contribution in [1.82, 2.24) is 5.32 Å². The molecule has 1 N–H and O–H groups in total. The van der Waals surface area contributed by atoms with Gasteiger partial charge in [-0.2, -0.15) is 0 Å². The summed E-state index contributed by atoms with van der Waals surface area (Å²) in [7, 11) is 1.62. The fourth-order valence-corrected chi connectivity index (χ4v) is 1.26. The van der Waals surface area contributed by atoms with Gasteiger partial charge in [0.25, 0.3) is 0 Å². The number of carbonyl (C=O) groups excluding carboxylic acids is 1. The van der Waals surface area contributed by atoms with Crippen molar-refractivity contribution in [2.45, 2.75) is 12.5 Å². The van der Waals surface area contributed by atoms with Crippen molar-refractivity contribution in [3.8, 4) is 0 Å². The molecule has 0 radical (unpaired) electrons. The van der Waals surface area contributed by atoms with Crippen molar-refractivity contribution < 1.29 is 19.0 Å². The molecule has 0 saturated carbocycles. The summed E-state index contributed by atoms with van der Waals surface area (Å²) >= 11 is 0. The summed E-state index contributed by atoms with van der Waals surface area (Å²) in [6.07, 6.45) is 0. The minimum absolute atomic E-state index is 0.234. The number of esters is 1. The van der Waals surface area contributed by atoms with Crippen LogP contribution in [0.1, 0.15) is 6.92 Å². The molecule has 5 heteroatoms. The van der Waals surface area contributed by atoms with Crippen LogP contribution in [-0.4, -0.2) is 51.6 Å². The van der Waals surface area contributed by atoms with Gasteiger partial charge in [-0.05, 0) is 6.92 Å². The zero-order valence-corrected chi connectivity index (χ0v) is 8.67. The molecule has 5 nitrogen and oxygen atoms in total. The van der Waals surface area contributed by atoms with Crippen LogP contribution in [0.25, 0.3) is 0 Å². The van der Waals surface area contributed by atoms with Gasteiger partial charge in [-0.1, -0.05) is 0 Å². The van der Waals surface area contributed by atoms with E-state index in [4.69, 9.17) is 14.2 Å². The second-order valence-electron chi connectivity index (χ2n) is 3.21. The minimum atomic E-state index is -0.630. The lowest BCUT2D eigenvalue weighted by Gasteiger charge is -2.39. The number of ether oxygens (including phenoxy) is 3. The van der Waals surface area contributed by atoms with Crippen LogP contribution in [0.4, 0.5) is 0 Å². The molecule has 0 aromatic rings. The first-order valence-corrected chi connectivity index (χ1v) is 4.74. The Kier molecular flexibility index (Phi) is 4.31. The first-order valence-electron chi connectivity index (χ1n) is 4.74. The van der Waals surface area contributed by atoms with Crippen molar-refractivity contribution in [3.63, 3.8) is 0 Å². The standard InChI is InChI=1S/C9H17NO4/c1-3-14-8(11)9(6-13-7-9)10-4-5-12-2/h10H,3-7H2,1-2H3. The number of hydrogen-bond donors (Lipinski definition) is 1. The molecule has 14 heavy (non-hydrogen) atoms. The van der Waals surface area contributed by atoms with E-state index in [1.54, 1.807) is 14.0 Å². The maximum absolute atomic E-state index is 11.5. The lowest BCUT2D eigenvalue weighted by molar-refractivity contribution is -0.172. The van der Waals surface area contributed by atoms with E-state index < -0.39 is 5.54 Å². The average molecular weight is 203 g/mol. The Morgan fingerprint density at radius 2 is 2.29 bits per heavy atom. The van der Waals surface area contributed by atoms with Gasteiger partial charge in [0.2, 0.25) is 0 Å². The van der Waals surface area contributed by atoms with Gasteiger partial charge in [0.1, 0.15) is 0 Å². The molecule has 0 unspecified atom stereocenters. The molecule has 0 bridgehead atoms. The van der Waals surface area contributed by atoms with Crippen LogP contribution in [0, 0.1) is 0 Å². The lowest BCUT2D eigenvalue weighted by Crippen LogP contribution is -2.66. The van der Waals surface area contributed by atoms with E-state index in [1.807, 2.05) is 0 Å². The summed E-state index contributed by atoms with van der Waals surface area (Å²) in [6, 6.07) is 0. The highest BCUT2D eigenvalue weighted by Crippen LogP contribution is 2.18. The highest BCUT2D eigenvalue weighted by atomic mass is 16.6. The zero-order chi connectivity index (χ0) is 10.4. The van der Waals surface area contributed by atoms with Gasteiger partial charge in [0.05, 0.1) is 26.4 Å². The van der Waals surface area contributed by atoms with E-state index in [0.717, 1.165) is 0 Å². The molecular weight excluding hydrogens is 186 g/mol. The summed E-state index contributed by atoms with van der Waals surface area (Å²) in [5, 5.41) is 3.09. The second kappa shape index (κ2) is 5.29. The molecule has 82 valence electrons. The lowest BCUT2D eigenvalue weighted by atomic mass is 9.98. The van der Waals surface area contributed by atoms with E-state index in [9.17, 15) is 4.79 Å². The van der Waals surface area contributed by atoms with E-state index in [-0.39, 0.29) is 5.97 Å². The van der Waals surface area contributed by atoms with E-state index in [2.05, 4.69) is 5.32 Å². The molecule has 1 fully saturated rings. The third kappa shape index (κ3) is 2.43. The molecule has 1 aliphatic rings. The minimum Gasteiger partial charge on any atom is -0.464 e. The second-order valence-corrected chi connectivity index (χ2v) is 3.21. The first-order chi connectivity index (χ1) is 6.75. The van der Waals surface area contributed by atoms with Crippen LogP contribution >= 0.6 is 0 Å². The van der Waals surface area contributed by atoms with Crippen LogP contribution in [0.3, 0.4) is 0 Å². The Hall–Kier alpha value is -0.650. The molecule has 0 amide bonds. The fraction of sp³-hybridized carbons (Fsp3) is 0.889. The highest BCUT2D eigenvalue weighted by Gasteiger charge is 2.46. The van der Waals surface area contributed by atoms with Crippen LogP contribution in [0.2, 0.25) is 0 Å². The van der Waals surface area contributed by atoms with Crippen LogP contribution in [0.5, 0.6) is 0 Å². The van der Waals surface area contributed by atoms with E-state index in [0.29, 0.717) is 33.0 Å². The predicted molar refractivity (Wildman–Crippen MR) is 50.1 cm³/mol. The number of nitrogens with one attached hydrogen (secondary N) is 1. The van der Waals surface area contributed by atoms with Gasteiger partial charge < -0.3 is 14.2 Å². The maximum atomic E-state index is 11.5. The van der Waals surface area contributed by atoms with Gasteiger partial charge in [0.15, 0.2) is 5.54 Å². The Labute approximate surface area is 83.7 Å². The van der Waals surface area contributed by atoms with Crippen molar-refractivity contribution in [2.75, 3.05) is 40.1 Å². The number of hydrogen-bond acceptors (Lipinski definition) is 5. The summed E-state index contributed by atoms with van der Waals surface area (Å²) in [6.45, 7) is 4.15. The third-order valence-electron chi connectivity index (χ3n) is 2.13. The quantitative estimate of drug-likeness (QED) is 0.468. The van der Waals surface area contributed by atoms with Gasteiger partial charge in [-0.25, -0.2) is 4.79 Å². The molecule has 0 aromatic carbocycles. The maximum Gasteiger partial charge on any atom is 0.331 e. The average Bonchev–Trinajstić information content (AvgIpc) is 2.10. The topological polar surface area (TPSA) is 56.8 Å². The summed E-state index contributed by atoms with van der Waals surface area (Å²) in [4.78, 5) is 11.5. The number of carbonyl (C=O) groups is 1. The SMILES string of the molecule is CCOC(=O)C1(NCCOC)COC1. The van der Waals surface area contributed by atoms with Crippen molar-refractivity contribution >= 4 is 5.97 Å². The van der Waals surface area contributed by atoms with E-state index >= 15 is 0 Å². The number of methoxy groups -OCH3 is 1. The molecule has 0 aliphatic carbocycles. The Bertz CT molecular complexity index is 191. The van der Waals surface area contributed by atoms with Crippen LogP contribution in [0.15, 0.2) is 0 Å². The Morgan fingerprint density at radius 3 is 2.71 bits per heavy atom. The van der Waals surface area contributed by atoms with Gasteiger partial charge in [-0.15, -0.1) is 0 Å². The van der Waals surface area contributed by atoms with Crippen LogP contribution < -0.4 is 5.32 Å². The molecule has 1 heterocycles. The first kappa shape index (κ1) is 11.4. The zero-order valence-electron chi connectivity index (χ0n) is 8.67. The molecule has 1 saturated heterocycles. The summed E-state index contributed by atoms with van der Waals surface area (Å²) < 4.78 is 14.9. The molecule has 1 aliphatic heterocycles. The Morgan fingerprint density at radius 1 is 1.57 bits per heavy atom. The summed E-state index contributed by atoms with van der Waals surface area (Å²) in [5.41, 5.74) is -0.630. The monoisotopic (exact) mass is 203 g/mol. The predicted octanol–water partition coefficient (Wildman–Crippen LogP) is -0.445. The van der Waals surface area contributed by atoms with Gasteiger partial charge in [0, 0.05) is 13.7 Å². The smallest absolute Gasteiger partial charge is 0.331 e. The molecule has 0 spiro atoms. The summed E-state index contributed by atoms with van der Waals surface area (Å²) in [5.74, 6) is -0.234. The van der Waals surface area contributed by atoms with Crippen molar-refractivity contribution in [1.29, 1.82) is 0 Å². The van der Waals surface area contributed by atoms with Crippen molar-refractivity contribution in [2.24, 2.45) is 0 Å². The molecular formula is C9H17NO4.